The lowest BCUT2D eigenvalue weighted by Gasteiger charge is -2.02. The zero-order valence-corrected chi connectivity index (χ0v) is 6.74. The third-order valence-electron chi connectivity index (χ3n) is 1.23. The van der Waals surface area contributed by atoms with Crippen molar-refractivity contribution in [3.05, 3.63) is 5.56 Å². The molecule has 5 nitrogen and oxygen atoms in total. The Morgan fingerprint density at radius 1 is 1.17 bits per heavy atom. The summed E-state index contributed by atoms with van der Waals surface area (Å²) in [5.41, 5.74) is 0.370. The summed E-state index contributed by atoms with van der Waals surface area (Å²) in [6.07, 6.45) is 5.18. The topological polar surface area (TPSA) is 57.1 Å². The molecule has 5 heteroatoms. The second-order valence-corrected chi connectivity index (χ2v) is 1.83. The van der Waals surface area contributed by atoms with Crippen LogP contribution in [-0.2, 0) is 0 Å². The first-order valence-electron chi connectivity index (χ1n) is 3.11. The molecule has 0 aliphatic carbocycles. The van der Waals surface area contributed by atoms with E-state index < -0.39 is 0 Å². The van der Waals surface area contributed by atoms with Crippen molar-refractivity contribution < 1.29 is 9.47 Å². The van der Waals surface area contributed by atoms with E-state index >= 15 is 0 Å². The van der Waals surface area contributed by atoms with E-state index in [4.69, 9.17) is 15.9 Å². The highest BCUT2D eigenvalue weighted by atomic mass is 16.5. The fourth-order valence-electron chi connectivity index (χ4n) is 0.704. The van der Waals surface area contributed by atoms with E-state index in [0.717, 1.165) is 0 Å². The highest BCUT2D eigenvalue weighted by Gasteiger charge is 2.10. The lowest BCUT2D eigenvalue weighted by molar-refractivity contribution is 0.356. The van der Waals surface area contributed by atoms with Crippen LogP contribution in [0.4, 0.5) is 0 Å². The van der Waals surface area contributed by atoms with Gasteiger partial charge in [-0.25, -0.2) is 0 Å². The standard InChI is InChI=1S/C7H7N3O2/c1-4-5-6(11-2)8-10-9-7(5)12-3/h1H,2-3H3. The Hall–Kier alpha value is -1.83. The quantitative estimate of drug-likeness (QED) is 0.571. The summed E-state index contributed by atoms with van der Waals surface area (Å²) in [7, 11) is 2.90. The van der Waals surface area contributed by atoms with Gasteiger partial charge in [0, 0.05) is 0 Å². The Bertz CT molecular complexity index is 297. The van der Waals surface area contributed by atoms with Crippen molar-refractivity contribution >= 4 is 0 Å². The van der Waals surface area contributed by atoms with Crippen LogP contribution in [0.5, 0.6) is 11.8 Å². The summed E-state index contributed by atoms with van der Waals surface area (Å²) in [4.78, 5) is 0. The van der Waals surface area contributed by atoms with Gasteiger partial charge in [0.2, 0.25) is 0 Å². The van der Waals surface area contributed by atoms with Crippen molar-refractivity contribution in [3.8, 4) is 24.1 Å². The molecule has 0 bridgehead atoms. The second kappa shape index (κ2) is 3.53. The molecule has 0 atom stereocenters. The highest BCUT2D eigenvalue weighted by Crippen LogP contribution is 2.20. The molecule has 0 amide bonds. The molecule has 1 aromatic rings. The van der Waals surface area contributed by atoms with E-state index in [0.29, 0.717) is 5.56 Å². The van der Waals surface area contributed by atoms with Crippen molar-refractivity contribution in [1.82, 2.24) is 15.4 Å². The summed E-state index contributed by atoms with van der Waals surface area (Å²) in [5, 5.41) is 10.5. The van der Waals surface area contributed by atoms with Gasteiger partial charge < -0.3 is 9.47 Å². The Balaban J connectivity index is 3.25. The average Bonchev–Trinajstić information content (AvgIpc) is 2.16. The van der Waals surface area contributed by atoms with Crippen LogP contribution in [0.25, 0.3) is 0 Å². The molecular weight excluding hydrogens is 158 g/mol. The van der Waals surface area contributed by atoms with Crippen molar-refractivity contribution in [3.63, 3.8) is 0 Å². The lowest BCUT2D eigenvalue weighted by atomic mass is 10.3. The SMILES string of the molecule is C#Cc1c(OC)nnnc1OC. The first kappa shape index (κ1) is 8.27. The van der Waals surface area contributed by atoms with Gasteiger partial charge in [0.05, 0.1) is 14.2 Å². The Labute approximate surface area is 69.7 Å². The van der Waals surface area contributed by atoms with Crippen molar-refractivity contribution in [2.45, 2.75) is 0 Å². The number of nitrogens with zero attached hydrogens (tertiary/aromatic N) is 3. The van der Waals surface area contributed by atoms with Gasteiger partial charge in [-0.3, -0.25) is 0 Å². The van der Waals surface area contributed by atoms with E-state index in [-0.39, 0.29) is 11.8 Å². The van der Waals surface area contributed by atoms with Crippen LogP contribution in [0.1, 0.15) is 5.56 Å². The summed E-state index contributed by atoms with van der Waals surface area (Å²) in [5.74, 6) is 2.83. The summed E-state index contributed by atoms with van der Waals surface area (Å²) < 4.78 is 9.69. The maximum absolute atomic E-state index is 5.18. The molecule has 62 valence electrons. The first-order chi connectivity index (χ1) is 5.83. The van der Waals surface area contributed by atoms with Crippen LogP contribution >= 0.6 is 0 Å². The minimum Gasteiger partial charge on any atom is -0.479 e. The van der Waals surface area contributed by atoms with Gasteiger partial charge in [-0.1, -0.05) is 16.1 Å². The van der Waals surface area contributed by atoms with Gasteiger partial charge in [-0.2, -0.15) is 0 Å². The van der Waals surface area contributed by atoms with Gasteiger partial charge in [-0.05, 0) is 5.21 Å². The first-order valence-corrected chi connectivity index (χ1v) is 3.11. The highest BCUT2D eigenvalue weighted by molar-refractivity contribution is 5.46. The minimum absolute atomic E-state index is 0.240. The molecule has 12 heavy (non-hydrogen) atoms. The number of rotatable bonds is 2. The van der Waals surface area contributed by atoms with Gasteiger partial charge >= 0.3 is 0 Å². The number of aromatic nitrogens is 3. The van der Waals surface area contributed by atoms with Crippen LogP contribution in [0.3, 0.4) is 0 Å². The fraction of sp³-hybridized carbons (Fsp3) is 0.286. The molecule has 1 rings (SSSR count). The van der Waals surface area contributed by atoms with Crippen LogP contribution in [0.2, 0.25) is 0 Å². The number of terminal acetylenes is 1. The molecule has 0 N–H and O–H groups in total. The van der Waals surface area contributed by atoms with Crippen molar-refractivity contribution in [2.24, 2.45) is 0 Å². The molecule has 0 saturated heterocycles. The van der Waals surface area contributed by atoms with Crippen LogP contribution < -0.4 is 9.47 Å². The monoisotopic (exact) mass is 165 g/mol. The smallest absolute Gasteiger partial charge is 0.256 e. The molecule has 0 fully saturated rings. The second-order valence-electron chi connectivity index (χ2n) is 1.83. The van der Waals surface area contributed by atoms with E-state index in [2.05, 4.69) is 21.3 Å². The zero-order valence-electron chi connectivity index (χ0n) is 6.74. The maximum Gasteiger partial charge on any atom is 0.256 e. The Morgan fingerprint density at radius 3 is 2.00 bits per heavy atom. The lowest BCUT2D eigenvalue weighted by Crippen LogP contribution is -2.01. The van der Waals surface area contributed by atoms with Gasteiger partial charge in [0.15, 0.2) is 5.56 Å². The molecule has 1 aromatic heterocycles. The fourth-order valence-corrected chi connectivity index (χ4v) is 0.704. The van der Waals surface area contributed by atoms with Crippen molar-refractivity contribution in [1.29, 1.82) is 0 Å². The maximum atomic E-state index is 5.18. The van der Waals surface area contributed by atoms with Crippen molar-refractivity contribution in [2.75, 3.05) is 14.2 Å². The van der Waals surface area contributed by atoms with Gasteiger partial charge in [0.25, 0.3) is 11.8 Å². The number of hydrogen-bond acceptors (Lipinski definition) is 5. The van der Waals surface area contributed by atoms with E-state index in [9.17, 15) is 0 Å². The molecule has 0 radical (unpaired) electrons. The zero-order chi connectivity index (χ0) is 8.97. The molecule has 1 heterocycles. The molecule has 0 aliphatic rings. The number of ether oxygens (including phenoxy) is 2. The number of hydrogen-bond donors (Lipinski definition) is 0. The van der Waals surface area contributed by atoms with Gasteiger partial charge in [-0.15, -0.1) is 6.42 Å². The number of methoxy groups -OCH3 is 2. The van der Waals surface area contributed by atoms with E-state index in [1.165, 1.54) is 14.2 Å². The molecule has 0 unspecified atom stereocenters. The predicted molar refractivity (Wildman–Crippen MR) is 40.9 cm³/mol. The summed E-state index contributed by atoms with van der Waals surface area (Å²) in [6.45, 7) is 0. The third-order valence-corrected chi connectivity index (χ3v) is 1.23. The van der Waals surface area contributed by atoms with Crippen LogP contribution in [0, 0.1) is 12.3 Å². The van der Waals surface area contributed by atoms with Gasteiger partial charge in [0.1, 0.15) is 0 Å². The molecule has 0 saturated carbocycles. The Kier molecular flexibility index (Phi) is 2.43. The van der Waals surface area contributed by atoms with E-state index in [1.807, 2.05) is 0 Å². The third kappa shape index (κ3) is 1.27. The van der Waals surface area contributed by atoms with Crippen LogP contribution in [0.15, 0.2) is 0 Å². The molecule has 0 aromatic carbocycles. The normalized spacial score (nSPS) is 8.75. The Morgan fingerprint density at radius 2 is 1.67 bits per heavy atom. The van der Waals surface area contributed by atoms with E-state index in [1.54, 1.807) is 0 Å². The minimum atomic E-state index is 0.240. The summed E-state index contributed by atoms with van der Waals surface area (Å²) in [6, 6.07) is 0. The molecule has 0 aliphatic heterocycles. The largest absolute Gasteiger partial charge is 0.479 e. The predicted octanol–water partition coefficient (Wildman–Crippen LogP) is -0.130. The van der Waals surface area contributed by atoms with Crippen LogP contribution in [-0.4, -0.2) is 29.6 Å². The molecular formula is C7H7N3O2. The average molecular weight is 165 g/mol. The summed E-state index contributed by atoms with van der Waals surface area (Å²) >= 11 is 0. The molecule has 0 spiro atoms.